The van der Waals surface area contributed by atoms with E-state index in [9.17, 15) is 22.0 Å². The van der Waals surface area contributed by atoms with Crippen LogP contribution in [0.25, 0.3) is 0 Å². The molecule has 2 aromatic carbocycles. The summed E-state index contributed by atoms with van der Waals surface area (Å²) in [7, 11) is 0. The number of halogens is 5. The van der Waals surface area contributed by atoms with Crippen LogP contribution in [-0.4, -0.2) is 25.5 Å². The fourth-order valence-corrected chi connectivity index (χ4v) is 2.97. The summed E-state index contributed by atoms with van der Waals surface area (Å²) in [5.41, 5.74) is -1.21. The highest BCUT2D eigenvalue weighted by Crippen LogP contribution is 2.36. The van der Waals surface area contributed by atoms with Gasteiger partial charge in [0.1, 0.15) is 24.7 Å². The molecular formula is C19H15F5N2O2. The molecule has 0 radical (unpaired) electrons. The van der Waals surface area contributed by atoms with E-state index in [1.807, 2.05) is 0 Å². The van der Waals surface area contributed by atoms with Gasteiger partial charge in [0.25, 0.3) is 0 Å². The van der Waals surface area contributed by atoms with Crippen LogP contribution in [0.4, 0.5) is 27.6 Å². The van der Waals surface area contributed by atoms with Crippen molar-refractivity contribution in [2.75, 3.05) is 18.1 Å². The van der Waals surface area contributed by atoms with Crippen molar-refractivity contribution in [3.63, 3.8) is 0 Å². The van der Waals surface area contributed by atoms with Crippen LogP contribution in [-0.2, 0) is 10.9 Å². The molecule has 0 spiro atoms. The third-order valence-electron chi connectivity index (χ3n) is 4.32. The van der Waals surface area contributed by atoms with E-state index in [1.54, 1.807) is 11.8 Å². The van der Waals surface area contributed by atoms with Crippen LogP contribution in [0.2, 0.25) is 0 Å². The van der Waals surface area contributed by atoms with E-state index in [-0.39, 0.29) is 24.6 Å². The van der Waals surface area contributed by atoms with Gasteiger partial charge in [-0.05, 0) is 37.3 Å². The van der Waals surface area contributed by atoms with E-state index < -0.39 is 41.3 Å². The van der Waals surface area contributed by atoms with Crippen LogP contribution in [0.3, 0.4) is 0 Å². The fraction of sp³-hybridized carbons (Fsp3) is 0.316. The standard InChI is InChI=1S/C19H15F5N2O2/c1-11-26(13-3-2-12(8-25)16(6-13)19(22,23)24)9-15(28-11)10-27-14-4-5-17(20)18(21)7-14/h2-7,11,15H,9-10H2,1H3/t11-,15+/m1/s1. The first-order valence-corrected chi connectivity index (χ1v) is 8.30. The van der Waals surface area contributed by atoms with Crippen molar-refractivity contribution >= 4 is 5.69 Å². The summed E-state index contributed by atoms with van der Waals surface area (Å²) < 4.78 is 76.7. The van der Waals surface area contributed by atoms with Gasteiger partial charge >= 0.3 is 6.18 Å². The Morgan fingerprint density at radius 1 is 1.18 bits per heavy atom. The molecule has 0 bridgehead atoms. The third kappa shape index (κ3) is 4.17. The van der Waals surface area contributed by atoms with Gasteiger partial charge in [0.15, 0.2) is 11.6 Å². The molecule has 148 valence electrons. The Morgan fingerprint density at radius 3 is 2.57 bits per heavy atom. The lowest BCUT2D eigenvalue weighted by atomic mass is 10.1. The van der Waals surface area contributed by atoms with E-state index in [4.69, 9.17) is 14.7 Å². The highest BCUT2D eigenvalue weighted by atomic mass is 19.4. The zero-order chi connectivity index (χ0) is 20.5. The SMILES string of the molecule is C[C@H]1O[C@H](COc2ccc(F)c(F)c2)CN1c1ccc(C#N)c(C(F)(F)F)c1. The molecule has 3 rings (SSSR count). The minimum Gasteiger partial charge on any atom is -0.491 e. The number of rotatable bonds is 4. The van der Waals surface area contributed by atoms with Crippen LogP contribution in [0.1, 0.15) is 18.1 Å². The molecule has 4 nitrogen and oxygen atoms in total. The smallest absolute Gasteiger partial charge is 0.417 e. The number of anilines is 1. The molecule has 0 unspecified atom stereocenters. The van der Waals surface area contributed by atoms with E-state index in [2.05, 4.69) is 0 Å². The van der Waals surface area contributed by atoms with Crippen molar-refractivity contribution in [3.05, 3.63) is 59.2 Å². The van der Waals surface area contributed by atoms with Gasteiger partial charge in [0, 0.05) is 11.8 Å². The first-order valence-electron chi connectivity index (χ1n) is 8.30. The lowest BCUT2D eigenvalue weighted by Crippen LogP contribution is -2.28. The molecular weight excluding hydrogens is 383 g/mol. The fourth-order valence-electron chi connectivity index (χ4n) is 2.97. The van der Waals surface area contributed by atoms with Gasteiger partial charge in [-0.25, -0.2) is 8.78 Å². The van der Waals surface area contributed by atoms with E-state index in [1.165, 1.54) is 18.2 Å². The summed E-state index contributed by atoms with van der Waals surface area (Å²) in [6.45, 7) is 1.91. The number of nitriles is 1. The monoisotopic (exact) mass is 398 g/mol. The van der Waals surface area contributed by atoms with Gasteiger partial charge in [-0.15, -0.1) is 0 Å². The molecule has 2 aromatic rings. The molecule has 1 aliphatic rings. The molecule has 1 heterocycles. The quantitative estimate of drug-likeness (QED) is 0.713. The highest BCUT2D eigenvalue weighted by molar-refractivity contribution is 5.55. The van der Waals surface area contributed by atoms with Gasteiger partial charge in [-0.1, -0.05) is 0 Å². The molecule has 0 amide bonds. The average Bonchev–Trinajstić information content (AvgIpc) is 3.02. The molecule has 2 atom stereocenters. The maximum absolute atomic E-state index is 13.2. The average molecular weight is 398 g/mol. The Labute approximate surface area is 157 Å². The highest BCUT2D eigenvalue weighted by Gasteiger charge is 2.36. The maximum atomic E-state index is 13.2. The van der Waals surface area contributed by atoms with E-state index >= 15 is 0 Å². The van der Waals surface area contributed by atoms with Gasteiger partial charge in [0.05, 0.1) is 23.7 Å². The third-order valence-corrected chi connectivity index (χ3v) is 4.32. The summed E-state index contributed by atoms with van der Waals surface area (Å²) in [5.74, 6) is -1.92. The van der Waals surface area contributed by atoms with Crippen molar-refractivity contribution in [1.29, 1.82) is 5.26 Å². The second kappa shape index (κ2) is 7.64. The number of ether oxygens (including phenoxy) is 2. The van der Waals surface area contributed by atoms with Crippen molar-refractivity contribution in [2.24, 2.45) is 0 Å². The van der Waals surface area contributed by atoms with Crippen molar-refractivity contribution in [2.45, 2.75) is 25.4 Å². The molecule has 28 heavy (non-hydrogen) atoms. The zero-order valence-electron chi connectivity index (χ0n) is 14.6. The van der Waals surface area contributed by atoms with Gasteiger partial charge < -0.3 is 14.4 Å². The van der Waals surface area contributed by atoms with Crippen LogP contribution < -0.4 is 9.64 Å². The number of benzene rings is 2. The first-order chi connectivity index (χ1) is 13.2. The van der Waals surface area contributed by atoms with Gasteiger partial charge in [-0.3, -0.25) is 0 Å². The van der Waals surface area contributed by atoms with Crippen LogP contribution in [0, 0.1) is 23.0 Å². The van der Waals surface area contributed by atoms with Crippen LogP contribution in [0.5, 0.6) is 5.75 Å². The second-order valence-electron chi connectivity index (χ2n) is 6.24. The lowest BCUT2D eigenvalue weighted by molar-refractivity contribution is -0.137. The molecule has 9 heteroatoms. The molecule has 1 aliphatic heterocycles. The Balaban J connectivity index is 1.71. The Morgan fingerprint density at radius 2 is 1.93 bits per heavy atom. The summed E-state index contributed by atoms with van der Waals surface area (Å²) in [6.07, 6.45) is -5.68. The normalized spacial score (nSPS) is 19.5. The van der Waals surface area contributed by atoms with E-state index in [0.29, 0.717) is 0 Å². The Hall–Kier alpha value is -2.86. The van der Waals surface area contributed by atoms with Crippen molar-refractivity contribution in [1.82, 2.24) is 0 Å². The number of hydrogen-bond acceptors (Lipinski definition) is 4. The van der Waals surface area contributed by atoms with Crippen molar-refractivity contribution < 1.29 is 31.4 Å². The largest absolute Gasteiger partial charge is 0.491 e. The number of nitrogens with zero attached hydrogens (tertiary/aromatic N) is 2. The van der Waals surface area contributed by atoms with Crippen molar-refractivity contribution in [3.8, 4) is 11.8 Å². The Bertz CT molecular complexity index is 910. The zero-order valence-corrected chi connectivity index (χ0v) is 14.6. The molecule has 1 fully saturated rings. The van der Waals surface area contributed by atoms with Crippen LogP contribution in [0.15, 0.2) is 36.4 Å². The maximum Gasteiger partial charge on any atom is 0.417 e. The summed E-state index contributed by atoms with van der Waals surface area (Å²) in [4.78, 5) is 1.61. The summed E-state index contributed by atoms with van der Waals surface area (Å²) >= 11 is 0. The number of alkyl halides is 3. The molecule has 0 saturated carbocycles. The van der Waals surface area contributed by atoms with E-state index in [0.717, 1.165) is 24.3 Å². The number of hydrogen-bond donors (Lipinski definition) is 0. The second-order valence-corrected chi connectivity index (χ2v) is 6.24. The van der Waals surface area contributed by atoms with Crippen LogP contribution >= 0.6 is 0 Å². The molecule has 1 saturated heterocycles. The minimum atomic E-state index is -4.65. The van der Waals surface area contributed by atoms with Gasteiger partial charge in [0.2, 0.25) is 0 Å². The Kier molecular flexibility index (Phi) is 5.42. The minimum absolute atomic E-state index is 0.00825. The predicted molar refractivity (Wildman–Crippen MR) is 89.7 cm³/mol. The molecule has 0 aliphatic carbocycles. The molecule has 0 N–H and O–H groups in total. The first kappa shape index (κ1) is 19.9. The predicted octanol–water partition coefficient (Wildman–Crippen LogP) is 4.49. The molecule has 0 aromatic heterocycles. The summed E-state index contributed by atoms with van der Waals surface area (Å²) in [5, 5.41) is 8.89. The summed E-state index contributed by atoms with van der Waals surface area (Å²) in [6, 6.07) is 8.11. The topological polar surface area (TPSA) is 45.5 Å². The van der Waals surface area contributed by atoms with Gasteiger partial charge in [-0.2, -0.15) is 18.4 Å². The lowest BCUT2D eigenvalue weighted by Gasteiger charge is -2.23.